The topological polar surface area (TPSA) is 48.3 Å². The van der Waals surface area contributed by atoms with E-state index in [4.69, 9.17) is 4.74 Å². The van der Waals surface area contributed by atoms with Gasteiger partial charge in [0.05, 0.1) is 12.1 Å². The molecule has 0 radical (unpaired) electrons. The first-order chi connectivity index (χ1) is 8.99. The van der Waals surface area contributed by atoms with Crippen molar-refractivity contribution < 1.29 is 18.7 Å². The van der Waals surface area contributed by atoms with Gasteiger partial charge in [0.1, 0.15) is 11.5 Å². The number of aromatic nitrogens is 1. The second-order valence-electron chi connectivity index (χ2n) is 4.22. The molecule has 2 rings (SSSR count). The quantitative estimate of drug-likeness (QED) is 0.485. The molecule has 0 fully saturated rings. The summed E-state index contributed by atoms with van der Waals surface area (Å²) in [7, 11) is 1.63. The van der Waals surface area contributed by atoms with E-state index >= 15 is 0 Å². The first kappa shape index (κ1) is 13.3. The van der Waals surface area contributed by atoms with Gasteiger partial charge in [-0.1, -0.05) is 6.07 Å². The number of esters is 1. The molecular formula is C14H14FNO3. The summed E-state index contributed by atoms with van der Waals surface area (Å²) in [6.07, 6.45) is 0. The van der Waals surface area contributed by atoms with E-state index in [9.17, 15) is 14.0 Å². The maximum atomic E-state index is 13.8. The minimum Gasteiger partial charge on any atom is -0.460 e. The van der Waals surface area contributed by atoms with Crippen molar-refractivity contribution in [3.8, 4) is 0 Å². The maximum absolute atomic E-state index is 13.8. The lowest BCUT2D eigenvalue weighted by atomic mass is 10.1. The number of carbonyl (C=O) groups is 2. The highest BCUT2D eigenvalue weighted by molar-refractivity contribution is 6.41. The summed E-state index contributed by atoms with van der Waals surface area (Å²) in [6, 6.07) is 4.59. The number of ketones is 1. The van der Waals surface area contributed by atoms with Gasteiger partial charge in [0, 0.05) is 12.4 Å². The highest BCUT2D eigenvalue weighted by Gasteiger charge is 2.26. The SMILES string of the molecule is CCOC(=O)C(=O)c1c(C)c2c(F)cccc2n1C. The van der Waals surface area contributed by atoms with Crippen LogP contribution in [0.15, 0.2) is 18.2 Å². The van der Waals surface area contributed by atoms with Crippen molar-refractivity contribution in [1.29, 1.82) is 0 Å². The van der Waals surface area contributed by atoms with E-state index in [1.54, 1.807) is 33.0 Å². The van der Waals surface area contributed by atoms with Gasteiger partial charge < -0.3 is 9.30 Å². The van der Waals surface area contributed by atoms with Crippen LogP contribution in [-0.2, 0) is 16.6 Å². The van der Waals surface area contributed by atoms with Crippen LogP contribution in [0.3, 0.4) is 0 Å². The van der Waals surface area contributed by atoms with Gasteiger partial charge >= 0.3 is 5.97 Å². The number of halogens is 1. The van der Waals surface area contributed by atoms with Crippen molar-refractivity contribution in [2.24, 2.45) is 7.05 Å². The van der Waals surface area contributed by atoms with Gasteiger partial charge in [-0.25, -0.2) is 9.18 Å². The van der Waals surface area contributed by atoms with Crippen molar-refractivity contribution in [3.63, 3.8) is 0 Å². The Bertz CT molecular complexity index is 673. The number of hydrogen-bond donors (Lipinski definition) is 0. The molecule has 0 aliphatic rings. The van der Waals surface area contributed by atoms with Crippen LogP contribution in [0.1, 0.15) is 23.0 Å². The zero-order chi connectivity index (χ0) is 14.2. The minimum absolute atomic E-state index is 0.127. The smallest absolute Gasteiger partial charge is 0.381 e. The third-order valence-electron chi connectivity index (χ3n) is 3.09. The molecule has 0 aliphatic carbocycles. The fraction of sp³-hybridized carbons (Fsp3) is 0.286. The van der Waals surface area contributed by atoms with Crippen LogP contribution in [-0.4, -0.2) is 22.9 Å². The lowest BCUT2D eigenvalue weighted by Gasteiger charge is -2.04. The van der Waals surface area contributed by atoms with Crippen LogP contribution in [0.5, 0.6) is 0 Å². The summed E-state index contributed by atoms with van der Waals surface area (Å²) in [4.78, 5) is 23.6. The molecule has 0 bridgehead atoms. The Labute approximate surface area is 109 Å². The van der Waals surface area contributed by atoms with E-state index in [1.165, 1.54) is 10.6 Å². The van der Waals surface area contributed by atoms with Gasteiger partial charge in [0.15, 0.2) is 0 Å². The third kappa shape index (κ3) is 2.01. The molecule has 19 heavy (non-hydrogen) atoms. The van der Waals surface area contributed by atoms with Crippen molar-refractivity contribution >= 4 is 22.7 Å². The van der Waals surface area contributed by atoms with Gasteiger partial charge in [-0.05, 0) is 31.5 Å². The second kappa shape index (κ2) is 4.84. The predicted octanol–water partition coefficient (Wildman–Crippen LogP) is 2.37. The molecule has 0 atom stereocenters. The molecule has 0 unspecified atom stereocenters. The van der Waals surface area contributed by atoms with E-state index in [0.717, 1.165) is 0 Å². The third-order valence-corrected chi connectivity index (χ3v) is 3.09. The molecule has 1 aromatic heterocycles. The number of aryl methyl sites for hydroxylation is 2. The van der Waals surface area contributed by atoms with Crippen LogP contribution in [0.4, 0.5) is 4.39 Å². The van der Waals surface area contributed by atoms with Gasteiger partial charge in [-0.3, -0.25) is 4.79 Å². The Hall–Kier alpha value is -2.17. The van der Waals surface area contributed by atoms with E-state index in [0.29, 0.717) is 16.5 Å². The van der Waals surface area contributed by atoms with E-state index < -0.39 is 17.6 Å². The molecule has 0 spiro atoms. The monoisotopic (exact) mass is 263 g/mol. The number of benzene rings is 1. The van der Waals surface area contributed by atoms with Gasteiger partial charge in [-0.15, -0.1) is 0 Å². The number of carbonyl (C=O) groups excluding carboxylic acids is 2. The standard InChI is InChI=1S/C14H14FNO3/c1-4-19-14(18)13(17)12-8(2)11-9(15)6-5-7-10(11)16(12)3/h5-7H,4H2,1-3H3. The molecule has 100 valence electrons. The van der Waals surface area contributed by atoms with E-state index in [1.807, 2.05) is 0 Å². The molecule has 1 aromatic carbocycles. The molecule has 2 aromatic rings. The highest BCUT2D eigenvalue weighted by Crippen LogP contribution is 2.27. The lowest BCUT2D eigenvalue weighted by Crippen LogP contribution is -2.20. The fourth-order valence-electron chi connectivity index (χ4n) is 2.27. The number of nitrogens with zero attached hydrogens (tertiary/aromatic N) is 1. The number of rotatable bonds is 3. The summed E-state index contributed by atoms with van der Waals surface area (Å²) in [6.45, 7) is 3.37. The van der Waals surface area contributed by atoms with Gasteiger partial charge in [0.25, 0.3) is 5.78 Å². The summed E-state index contributed by atoms with van der Waals surface area (Å²) < 4.78 is 20.0. The number of hydrogen-bond acceptors (Lipinski definition) is 3. The lowest BCUT2D eigenvalue weighted by molar-refractivity contribution is -0.137. The molecule has 0 saturated heterocycles. The fourth-order valence-corrected chi connectivity index (χ4v) is 2.27. The summed E-state index contributed by atoms with van der Waals surface area (Å²) in [5, 5.41) is 0.359. The number of ether oxygens (including phenoxy) is 1. The van der Waals surface area contributed by atoms with Crippen LogP contribution in [0.25, 0.3) is 10.9 Å². The van der Waals surface area contributed by atoms with Crippen molar-refractivity contribution in [3.05, 3.63) is 35.3 Å². The normalized spacial score (nSPS) is 10.7. The largest absolute Gasteiger partial charge is 0.460 e. The predicted molar refractivity (Wildman–Crippen MR) is 68.6 cm³/mol. The zero-order valence-electron chi connectivity index (χ0n) is 11.0. The highest BCUT2D eigenvalue weighted by atomic mass is 19.1. The van der Waals surface area contributed by atoms with Gasteiger partial charge in [-0.2, -0.15) is 0 Å². The minimum atomic E-state index is -0.920. The van der Waals surface area contributed by atoms with Crippen LogP contribution < -0.4 is 0 Å². The van der Waals surface area contributed by atoms with Crippen LogP contribution in [0, 0.1) is 12.7 Å². The summed E-state index contributed by atoms with van der Waals surface area (Å²) in [5.74, 6) is -2.08. The Balaban J connectivity index is 2.65. The summed E-state index contributed by atoms with van der Waals surface area (Å²) in [5.41, 5.74) is 1.19. The van der Waals surface area contributed by atoms with E-state index in [2.05, 4.69) is 0 Å². The maximum Gasteiger partial charge on any atom is 0.381 e. The number of Topliss-reactive ketones (excluding diaryl/α,β-unsaturated/α-hetero) is 1. The Morgan fingerprint density at radius 3 is 2.63 bits per heavy atom. The van der Waals surface area contributed by atoms with Crippen LogP contribution >= 0.6 is 0 Å². The van der Waals surface area contributed by atoms with Crippen LogP contribution in [0.2, 0.25) is 0 Å². The Morgan fingerprint density at radius 1 is 1.37 bits per heavy atom. The molecular weight excluding hydrogens is 249 g/mol. The zero-order valence-corrected chi connectivity index (χ0v) is 11.0. The molecule has 5 heteroatoms. The average molecular weight is 263 g/mol. The molecule has 0 saturated carbocycles. The summed E-state index contributed by atoms with van der Waals surface area (Å²) >= 11 is 0. The first-order valence-corrected chi connectivity index (χ1v) is 5.94. The van der Waals surface area contributed by atoms with Crippen molar-refractivity contribution in [2.75, 3.05) is 6.61 Å². The number of fused-ring (bicyclic) bond motifs is 1. The molecule has 0 aliphatic heterocycles. The molecule has 0 amide bonds. The average Bonchev–Trinajstić information content (AvgIpc) is 2.62. The Morgan fingerprint density at radius 2 is 2.05 bits per heavy atom. The van der Waals surface area contributed by atoms with Crippen molar-refractivity contribution in [1.82, 2.24) is 4.57 Å². The van der Waals surface area contributed by atoms with Gasteiger partial charge in [0.2, 0.25) is 0 Å². The molecule has 1 heterocycles. The second-order valence-corrected chi connectivity index (χ2v) is 4.22. The van der Waals surface area contributed by atoms with E-state index in [-0.39, 0.29) is 12.3 Å². The molecule has 0 N–H and O–H groups in total. The van der Waals surface area contributed by atoms with Crippen molar-refractivity contribution in [2.45, 2.75) is 13.8 Å². The first-order valence-electron chi connectivity index (χ1n) is 5.94. The Kier molecular flexibility index (Phi) is 3.38. The molecule has 4 nitrogen and oxygen atoms in total.